The first kappa shape index (κ1) is 18.6. The van der Waals surface area contributed by atoms with Crippen molar-refractivity contribution in [2.24, 2.45) is 5.92 Å². The van der Waals surface area contributed by atoms with Crippen molar-refractivity contribution in [3.63, 3.8) is 0 Å². The molecule has 5 nitrogen and oxygen atoms in total. The summed E-state index contributed by atoms with van der Waals surface area (Å²) >= 11 is 1.54. The number of aromatic amines is 1. The molecule has 7 heteroatoms. The van der Waals surface area contributed by atoms with Crippen molar-refractivity contribution in [2.75, 3.05) is 25.9 Å². The Hall–Kier alpha value is -2.38. The summed E-state index contributed by atoms with van der Waals surface area (Å²) in [5, 5.41) is 0.816. The summed E-state index contributed by atoms with van der Waals surface area (Å²) in [5.41, 5.74) is 3.52. The third-order valence-electron chi connectivity index (χ3n) is 5.88. The van der Waals surface area contributed by atoms with E-state index in [1.807, 2.05) is 18.4 Å². The predicted octanol–water partition coefficient (Wildman–Crippen LogP) is 4.47. The summed E-state index contributed by atoms with van der Waals surface area (Å²) in [4.78, 5) is 15.0. The van der Waals surface area contributed by atoms with Crippen LogP contribution in [-0.4, -0.2) is 51.8 Å². The second-order valence-electron chi connectivity index (χ2n) is 7.65. The van der Waals surface area contributed by atoms with Crippen molar-refractivity contribution >= 4 is 11.8 Å². The number of imidazole rings is 1. The monoisotopic (exact) mass is 410 g/mol. The topological polar surface area (TPSA) is 54.0 Å². The molecule has 1 N–H and O–H groups in total. The van der Waals surface area contributed by atoms with Crippen LogP contribution in [0.15, 0.2) is 47.8 Å². The van der Waals surface area contributed by atoms with Crippen LogP contribution in [0, 0.1) is 11.7 Å². The van der Waals surface area contributed by atoms with E-state index >= 15 is 0 Å². The second-order valence-corrected chi connectivity index (χ2v) is 8.45. The Balaban J connectivity index is 1.46. The number of nitrogens with zero attached hydrogens (tertiary/aromatic N) is 3. The summed E-state index contributed by atoms with van der Waals surface area (Å²) in [5.74, 6) is 1.01. The standard InChI is InChI=1S/C22H23FN4OS/c1-29-22-25-20(15-2-4-17(23)5-3-15)21(26-22)16-6-9-24-19(12-16)28-18-13-27-10-7-14(18)8-11-27/h2-6,9,12,14,18H,7-8,10-11,13H2,1H3,(H,25,26). The fourth-order valence-corrected chi connectivity index (χ4v) is 4.69. The van der Waals surface area contributed by atoms with E-state index in [9.17, 15) is 4.39 Å². The highest BCUT2D eigenvalue weighted by Crippen LogP contribution is 2.35. The molecule has 2 bridgehead atoms. The van der Waals surface area contributed by atoms with Gasteiger partial charge in [-0.1, -0.05) is 11.8 Å². The number of benzene rings is 1. The van der Waals surface area contributed by atoms with E-state index in [1.54, 1.807) is 30.1 Å². The Labute approximate surface area is 173 Å². The molecule has 2 aromatic heterocycles. The van der Waals surface area contributed by atoms with Crippen molar-refractivity contribution in [1.29, 1.82) is 0 Å². The van der Waals surface area contributed by atoms with E-state index in [0.717, 1.165) is 34.2 Å². The van der Waals surface area contributed by atoms with Gasteiger partial charge in [0, 0.05) is 29.9 Å². The number of pyridine rings is 1. The third kappa shape index (κ3) is 3.76. The average Bonchev–Trinajstić information content (AvgIpc) is 3.20. The molecule has 3 aromatic rings. The molecule has 3 aliphatic rings. The van der Waals surface area contributed by atoms with Crippen molar-refractivity contribution in [3.05, 3.63) is 48.4 Å². The lowest BCUT2D eigenvalue weighted by atomic mass is 9.86. The van der Waals surface area contributed by atoms with Gasteiger partial charge in [0.25, 0.3) is 0 Å². The van der Waals surface area contributed by atoms with Crippen LogP contribution in [-0.2, 0) is 0 Å². The number of aromatic nitrogens is 3. The molecule has 5 heterocycles. The van der Waals surface area contributed by atoms with Gasteiger partial charge in [-0.3, -0.25) is 4.90 Å². The molecule has 3 fully saturated rings. The quantitative estimate of drug-likeness (QED) is 0.629. The maximum absolute atomic E-state index is 13.4. The zero-order valence-electron chi connectivity index (χ0n) is 16.3. The Morgan fingerprint density at radius 2 is 1.93 bits per heavy atom. The number of hydrogen-bond donors (Lipinski definition) is 1. The van der Waals surface area contributed by atoms with Crippen LogP contribution in [0.4, 0.5) is 4.39 Å². The number of nitrogens with one attached hydrogen (secondary N) is 1. The molecule has 1 atom stereocenters. The van der Waals surface area contributed by atoms with Gasteiger partial charge in [-0.25, -0.2) is 14.4 Å². The minimum Gasteiger partial charge on any atom is -0.473 e. The number of H-pyrrole nitrogens is 1. The molecule has 3 aliphatic heterocycles. The number of halogens is 1. The highest BCUT2D eigenvalue weighted by molar-refractivity contribution is 7.98. The van der Waals surface area contributed by atoms with Gasteiger partial charge in [0.2, 0.25) is 5.88 Å². The van der Waals surface area contributed by atoms with Crippen LogP contribution >= 0.6 is 11.8 Å². The summed E-state index contributed by atoms with van der Waals surface area (Å²) in [6.45, 7) is 3.35. The van der Waals surface area contributed by atoms with Gasteiger partial charge in [0.15, 0.2) is 5.16 Å². The van der Waals surface area contributed by atoms with Gasteiger partial charge >= 0.3 is 0 Å². The maximum Gasteiger partial charge on any atom is 0.214 e. The summed E-state index contributed by atoms with van der Waals surface area (Å²) < 4.78 is 19.7. The molecule has 0 saturated carbocycles. The van der Waals surface area contributed by atoms with E-state index in [2.05, 4.69) is 14.9 Å². The van der Waals surface area contributed by atoms with Gasteiger partial charge in [-0.05, 0) is 68.4 Å². The van der Waals surface area contributed by atoms with Crippen molar-refractivity contribution < 1.29 is 9.13 Å². The molecule has 0 spiro atoms. The molecule has 29 heavy (non-hydrogen) atoms. The summed E-state index contributed by atoms with van der Waals surface area (Å²) in [7, 11) is 0. The molecule has 150 valence electrons. The average molecular weight is 411 g/mol. The first-order valence-corrected chi connectivity index (χ1v) is 11.2. The van der Waals surface area contributed by atoms with E-state index in [1.165, 1.54) is 38.1 Å². The third-order valence-corrected chi connectivity index (χ3v) is 6.46. The van der Waals surface area contributed by atoms with Crippen molar-refractivity contribution in [1.82, 2.24) is 19.9 Å². The highest BCUT2D eigenvalue weighted by atomic mass is 32.2. The number of hydrogen-bond acceptors (Lipinski definition) is 5. The minimum absolute atomic E-state index is 0.206. The van der Waals surface area contributed by atoms with Crippen LogP contribution in [0.1, 0.15) is 12.8 Å². The van der Waals surface area contributed by atoms with Crippen molar-refractivity contribution in [2.45, 2.75) is 24.1 Å². The normalized spacial score (nSPS) is 23.3. The lowest BCUT2D eigenvalue weighted by Gasteiger charge is -2.44. The molecule has 0 aliphatic carbocycles. The van der Waals surface area contributed by atoms with Gasteiger partial charge in [-0.15, -0.1) is 0 Å². The first-order valence-electron chi connectivity index (χ1n) is 9.95. The Morgan fingerprint density at radius 1 is 1.14 bits per heavy atom. The van der Waals surface area contributed by atoms with Crippen LogP contribution in [0.25, 0.3) is 22.5 Å². The number of piperidine rings is 3. The molecule has 1 aromatic carbocycles. The van der Waals surface area contributed by atoms with Crippen LogP contribution in [0.5, 0.6) is 5.88 Å². The van der Waals surface area contributed by atoms with Crippen molar-refractivity contribution in [3.8, 4) is 28.4 Å². The number of thioether (sulfide) groups is 1. The van der Waals surface area contributed by atoms with Crippen LogP contribution < -0.4 is 4.74 Å². The predicted molar refractivity (Wildman–Crippen MR) is 113 cm³/mol. The molecule has 0 amide bonds. The molecule has 0 radical (unpaired) electrons. The fourth-order valence-electron chi connectivity index (χ4n) is 4.30. The lowest BCUT2D eigenvalue weighted by Crippen LogP contribution is -2.52. The summed E-state index contributed by atoms with van der Waals surface area (Å²) in [6, 6.07) is 10.4. The zero-order chi connectivity index (χ0) is 19.8. The number of rotatable bonds is 5. The summed E-state index contributed by atoms with van der Waals surface area (Å²) in [6.07, 6.45) is 6.36. The van der Waals surface area contributed by atoms with Gasteiger partial charge in [0.1, 0.15) is 11.9 Å². The van der Waals surface area contributed by atoms with E-state index in [4.69, 9.17) is 9.72 Å². The first-order chi connectivity index (χ1) is 14.2. The number of ether oxygens (including phenoxy) is 1. The second kappa shape index (κ2) is 7.80. The molecular weight excluding hydrogens is 387 g/mol. The minimum atomic E-state index is -0.253. The van der Waals surface area contributed by atoms with Crippen LogP contribution in [0.2, 0.25) is 0 Å². The lowest BCUT2D eigenvalue weighted by molar-refractivity contribution is -0.00990. The van der Waals surface area contributed by atoms with E-state index < -0.39 is 0 Å². The highest BCUT2D eigenvalue weighted by Gasteiger charge is 2.35. The van der Waals surface area contributed by atoms with Crippen LogP contribution in [0.3, 0.4) is 0 Å². The number of fused-ring (bicyclic) bond motifs is 3. The molecular formula is C22H23FN4OS. The Morgan fingerprint density at radius 3 is 2.62 bits per heavy atom. The van der Waals surface area contributed by atoms with Gasteiger partial charge < -0.3 is 9.72 Å². The Kier molecular flexibility index (Phi) is 5.01. The zero-order valence-corrected chi connectivity index (χ0v) is 17.1. The van der Waals surface area contributed by atoms with E-state index in [-0.39, 0.29) is 11.9 Å². The Bertz CT molecular complexity index is 998. The van der Waals surface area contributed by atoms with Gasteiger partial charge in [-0.2, -0.15) is 0 Å². The molecule has 6 rings (SSSR count). The largest absolute Gasteiger partial charge is 0.473 e. The van der Waals surface area contributed by atoms with E-state index in [0.29, 0.717) is 11.8 Å². The maximum atomic E-state index is 13.4. The SMILES string of the molecule is CSc1nc(-c2ccnc(OC3CN4CCC3CC4)c2)c(-c2ccc(F)cc2)[nH]1. The molecule has 3 saturated heterocycles. The fraction of sp³-hybridized carbons (Fsp3) is 0.364. The van der Waals surface area contributed by atoms with Gasteiger partial charge in [0.05, 0.1) is 11.4 Å². The smallest absolute Gasteiger partial charge is 0.214 e. The molecule has 1 unspecified atom stereocenters.